The Bertz CT molecular complexity index is 554. The van der Waals surface area contributed by atoms with Crippen LogP contribution in [0.5, 0.6) is 5.75 Å². The number of hydrogen-bond donors (Lipinski definition) is 1. The van der Waals surface area contributed by atoms with Crippen molar-refractivity contribution in [2.24, 2.45) is 11.7 Å². The van der Waals surface area contributed by atoms with E-state index < -0.39 is 0 Å². The molecule has 0 spiro atoms. The van der Waals surface area contributed by atoms with Crippen LogP contribution in [0.15, 0.2) is 28.8 Å². The molecule has 0 bridgehead atoms. The number of nitrogens with two attached hydrogens (primary N) is 1. The van der Waals surface area contributed by atoms with Gasteiger partial charge in [-0.15, -0.1) is 0 Å². The average molecular weight is 289 g/mol. The third-order valence-electron chi connectivity index (χ3n) is 3.71. The Balaban J connectivity index is 2.00. The van der Waals surface area contributed by atoms with Gasteiger partial charge in [0.05, 0.1) is 7.11 Å². The molecule has 0 saturated heterocycles. The van der Waals surface area contributed by atoms with E-state index in [4.69, 9.17) is 15.0 Å². The van der Waals surface area contributed by atoms with E-state index >= 15 is 0 Å². The van der Waals surface area contributed by atoms with Gasteiger partial charge in [-0.05, 0) is 37.4 Å². The smallest absolute Gasteiger partial charge is 0.226 e. The lowest BCUT2D eigenvalue weighted by Crippen LogP contribution is -2.09. The summed E-state index contributed by atoms with van der Waals surface area (Å²) >= 11 is 0. The van der Waals surface area contributed by atoms with Crippen molar-refractivity contribution in [2.75, 3.05) is 13.7 Å². The molecule has 2 rings (SSSR count). The Morgan fingerprint density at radius 3 is 2.90 bits per heavy atom. The van der Waals surface area contributed by atoms with E-state index in [1.165, 1.54) is 0 Å². The topological polar surface area (TPSA) is 74.2 Å². The zero-order chi connectivity index (χ0) is 15.1. The zero-order valence-corrected chi connectivity index (χ0v) is 12.7. The second-order valence-corrected chi connectivity index (χ2v) is 5.13. The molecule has 2 aromatic rings. The third-order valence-corrected chi connectivity index (χ3v) is 3.71. The van der Waals surface area contributed by atoms with Crippen LogP contribution in [0.1, 0.15) is 32.1 Å². The van der Waals surface area contributed by atoms with Gasteiger partial charge in [-0.25, -0.2) is 0 Å². The lowest BCUT2D eigenvalue weighted by atomic mass is 9.97. The summed E-state index contributed by atoms with van der Waals surface area (Å²) in [6, 6.07) is 7.65. The molecule has 2 N–H and O–H groups in total. The molecule has 114 valence electrons. The monoisotopic (exact) mass is 289 g/mol. The number of ether oxygens (including phenoxy) is 1. The number of aromatic nitrogens is 2. The molecule has 0 fully saturated rings. The van der Waals surface area contributed by atoms with Crippen molar-refractivity contribution in [1.29, 1.82) is 0 Å². The first-order chi connectivity index (χ1) is 10.3. The molecular weight excluding hydrogens is 266 g/mol. The first-order valence-corrected chi connectivity index (χ1v) is 7.43. The van der Waals surface area contributed by atoms with Crippen molar-refractivity contribution in [3.05, 3.63) is 30.2 Å². The average Bonchev–Trinajstić information content (AvgIpc) is 3.00. The van der Waals surface area contributed by atoms with Gasteiger partial charge in [0.1, 0.15) is 5.75 Å². The summed E-state index contributed by atoms with van der Waals surface area (Å²) in [5, 5.41) is 4.05. The van der Waals surface area contributed by atoms with Crippen LogP contribution in [-0.4, -0.2) is 23.8 Å². The molecule has 1 aromatic carbocycles. The second-order valence-electron chi connectivity index (χ2n) is 5.13. The fourth-order valence-corrected chi connectivity index (χ4v) is 2.35. The molecule has 21 heavy (non-hydrogen) atoms. The van der Waals surface area contributed by atoms with Crippen molar-refractivity contribution in [2.45, 2.75) is 32.6 Å². The molecule has 5 heteroatoms. The largest absolute Gasteiger partial charge is 0.497 e. The van der Waals surface area contributed by atoms with Crippen molar-refractivity contribution in [1.82, 2.24) is 10.1 Å². The van der Waals surface area contributed by atoms with E-state index in [0.717, 1.165) is 43.5 Å². The number of benzene rings is 1. The molecule has 1 atom stereocenters. The molecule has 5 nitrogen and oxygen atoms in total. The molecule has 0 saturated carbocycles. The number of aryl methyl sites for hydroxylation is 1. The first-order valence-electron chi connectivity index (χ1n) is 7.43. The molecule has 1 unspecified atom stereocenters. The number of hydrogen-bond acceptors (Lipinski definition) is 5. The Labute approximate surface area is 125 Å². The van der Waals surface area contributed by atoms with Crippen molar-refractivity contribution in [3.63, 3.8) is 0 Å². The van der Waals surface area contributed by atoms with Crippen LogP contribution in [0.4, 0.5) is 0 Å². The fraction of sp³-hybridized carbons (Fsp3) is 0.500. The highest BCUT2D eigenvalue weighted by Crippen LogP contribution is 2.22. The van der Waals surface area contributed by atoms with E-state index in [9.17, 15) is 0 Å². The number of nitrogens with zero attached hydrogens (tertiary/aromatic N) is 2. The lowest BCUT2D eigenvalue weighted by Gasteiger charge is -2.11. The van der Waals surface area contributed by atoms with Gasteiger partial charge in [0.25, 0.3) is 0 Å². The SMILES string of the molecule is CCC(CCN)CCc1nc(-c2cccc(OC)c2)no1. The standard InChI is InChI=1S/C16H23N3O2/c1-3-12(9-10-17)7-8-15-18-16(19-21-15)13-5-4-6-14(11-13)20-2/h4-6,11-12H,3,7-10,17H2,1-2H3. The Hall–Kier alpha value is -1.88. The predicted molar refractivity (Wildman–Crippen MR) is 82.1 cm³/mol. The third kappa shape index (κ3) is 4.29. The van der Waals surface area contributed by atoms with Gasteiger partial charge in [-0.1, -0.05) is 30.6 Å². The minimum Gasteiger partial charge on any atom is -0.497 e. The highest BCUT2D eigenvalue weighted by Gasteiger charge is 2.12. The van der Waals surface area contributed by atoms with Gasteiger partial charge in [-0.3, -0.25) is 0 Å². The Morgan fingerprint density at radius 1 is 1.33 bits per heavy atom. The van der Waals surface area contributed by atoms with E-state index in [1.54, 1.807) is 7.11 Å². The van der Waals surface area contributed by atoms with E-state index in [0.29, 0.717) is 17.6 Å². The maximum Gasteiger partial charge on any atom is 0.226 e. The molecule has 0 amide bonds. The Morgan fingerprint density at radius 2 is 2.19 bits per heavy atom. The van der Waals surface area contributed by atoms with Crippen LogP contribution in [0.3, 0.4) is 0 Å². The van der Waals surface area contributed by atoms with Crippen LogP contribution in [0.2, 0.25) is 0 Å². The normalized spacial score (nSPS) is 12.3. The van der Waals surface area contributed by atoms with Crippen LogP contribution in [0, 0.1) is 5.92 Å². The fourth-order valence-electron chi connectivity index (χ4n) is 2.35. The van der Waals surface area contributed by atoms with Crippen LogP contribution < -0.4 is 10.5 Å². The van der Waals surface area contributed by atoms with Gasteiger partial charge < -0.3 is 15.0 Å². The molecule has 1 aromatic heterocycles. The zero-order valence-electron chi connectivity index (χ0n) is 12.7. The summed E-state index contributed by atoms with van der Waals surface area (Å²) < 4.78 is 10.5. The molecule has 0 aliphatic heterocycles. The summed E-state index contributed by atoms with van der Waals surface area (Å²) in [4.78, 5) is 4.46. The maximum atomic E-state index is 5.62. The van der Waals surface area contributed by atoms with Gasteiger partial charge >= 0.3 is 0 Å². The molecular formula is C16H23N3O2. The van der Waals surface area contributed by atoms with Crippen LogP contribution >= 0.6 is 0 Å². The molecule has 0 aliphatic carbocycles. The van der Waals surface area contributed by atoms with E-state index in [2.05, 4.69) is 17.1 Å². The minimum atomic E-state index is 0.607. The van der Waals surface area contributed by atoms with E-state index in [1.807, 2.05) is 24.3 Å². The number of rotatable bonds is 8. The summed E-state index contributed by atoms with van der Waals surface area (Å²) in [6.07, 6.45) is 4.02. The van der Waals surface area contributed by atoms with Crippen LogP contribution in [-0.2, 0) is 6.42 Å². The minimum absolute atomic E-state index is 0.607. The lowest BCUT2D eigenvalue weighted by molar-refractivity contribution is 0.354. The van der Waals surface area contributed by atoms with Crippen LogP contribution in [0.25, 0.3) is 11.4 Å². The van der Waals surface area contributed by atoms with Gasteiger partial charge in [0.2, 0.25) is 11.7 Å². The molecule has 0 aliphatic rings. The van der Waals surface area contributed by atoms with Crippen molar-refractivity contribution in [3.8, 4) is 17.1 Å². The Kier molecular flexibility index (Phi) is 5.75. The highest BCUT2D eigenvalue weighted by molar-refractivity contribution is 5.56. The van der Waals surface area contributed by atoms with Gasteiger partial charge in [0.15, 0.2) is 0 Å². The second kappa shape index (κ2) is 7.78. The van der Waals surface area contributed by atoms with Crippen molar-refractivity contribution < 1.29 is 9.26 Å². The molecule has 1 heterocycles. The predicted octanol–water partition coefficient (Wildman–Crippen LogP) is 3.05. The first kappa shape index (κ1) is 15.5. The van der Waals surface area contributed by atoms with E-state index in [-0.39, 0.29) is 0 Å². The summed E-state index contributed by atoms with van der Waals surface area (Å²) in [5.41, 5.74) is 6.52. The molecule has 0 radical (unpaired) electrons. The van der Waals surface area contributed by atoms with Gasteiger partial charge in [0, 0.05) is 12.0 Å². The summed E-state index contributed by atoms with van der Waals surface area (Å²) in [5.74, 6) is 2.70. The van der Waals surface area contributed by atoms with Crippen molar-refractivity contribution >= 4 is 0 Å². The number of methoxy groups -OCH3 is 1. The summed E-state index contributed by atoms with van der Waals surface area (Å²) in [6.45, 7) is 2.92. The summed E-state index contributed by atoms with van der Waals surface area (Å²) in [7, 11) is 1.64. The van der Waals surface area contributed by atoms with Gasteiger partial charge in [-0.2, -0.15) is 4.98 Å². The highest BCUT2D eigenvalue weighted by atomic mass is 16.5. The quantitative estimate of drug-likeness (QED) is 0.808. The maximum absolute atomic E-state index is 5.62.